The zero-order valence-electron chi connectivity index (χ0n) is 7.74. The van der Waals surface area contributed by atoms with Crippen molar-refractivity contribution in [2.75, 3.05) is 0 Å². The number of alkyl halides is 1. The van der Waals surface area contributed by atoms with Crippen molar-refractivity contribution in [1.82, 2.24) is 0 Å². The lowest BCUT2D eigenvalue weighted by atomic mass is 10.1. The lowest BCUT2D eigenvalue weighted by Crippen LogP contribution is -2.01. The third kappa shape index (κ3) is 3.03. The van der Waals surface area contributed by atoms with Crippen LogP contribution >= 0.6 is 27.5 Å². The van der Waals surface area contributed by atoms with E-state index >= 15 is 0 Å². The first-order chi connectivity index (χ1) is 6.93. The Morgan fingerprint density at radius 2 is 2.07 bits per heavy atom. The molecule has 82 valence electrons. The highest BCUT2D eigenvalue weighted by Gasteiger charge is 2.14. The normalized spacial score (nSPS) is 12.8. The zero-order chi connectivity index (χ0) is 11.6. The molecule has 1 aromatic rings. The van der Waals surface area contributed by atoms with Crippen LogP contribution in [-0.4, -0.2) is 14.2 Å². The molecule has 0 saturated heterocycles. The van der Waals surface area contributed by atoms with Crippen LogP contribution in [0.1, 0.15) is 17.3 Å². The maximum absolute atomic E-state index is 11.1. The number of hydrogen-bond donors (Lipinski definition) is 1. The van der Waals surface area contributed by atoms with E-state index in [4.69, 9.17) is 11.6 Å². The number of thiol groups is 1. The Balaban J connectivity index is 3.24. The minimum atomic E-state index is -2.74. The lowest BCUT2D eigenvalue weighted by Gasteiger charge is -2.07. The molecule has 0 amide bonds. The van der Waals surface area contributed by atoms with E-state index in [-0.39, 0.29) is 15.7 Å². The maximum atomic E-state index is 11.1. The molecule has 0 radical (unpaired) electrons. The average Bonchev–Trinajstić information content (AvgIpc) is 2.16. The van der Waals surface area contributed by atoms with Gasteiger partial charge in [-0.2, -0.15) is 0 Å². The van der Waals surface area contributed by atoms with Gasteiger partial charge in [-0.15, -0.1) is 0 Å². The molecule has 1 aromatic carbocycles. The molecule has 1 rings (SSSR count). The van der Waals surface area contributed by atoms with Gasteiger partial charge in [0.15, 0.2) is 10.7 Å². The van der Waals surface area contributed by atoms with Gasteiger partial charge in [-0.1, -0.05) is 33.6 Å². The first kappa shape index (κ1) is 12.7. The molecule has 0 bridgehead atoms. The number of halogens is 2. The molecule has 15 heavy (non-hydrogen) atoms. The quantitative estimate of drug-likeness (QED) is 0.688. The Morgan fingerprint density at radius 3 is 2.53 bits per heavy atom. The van der Waals surface area contributed by atoms with E-state index in [0.29, 0.717) is 5.56 Å². The first-order valence-corrected chi connectivity index (χ1v) is 6.49. The summed E-state index contributed by atoms with van der Waals surface area (Å²) in [6.45, 7) is 1.42. The summed E-state index contributed by atoms with van der Waals surface area (Å²) < 4.78 is 21.6. The number of Topliss-reactive ketones (excluding diaryl/α,β-unsaturated/α-hetero) is 1. The Kier molecular flexibility index (Phi) is 4.31. The van der Waals surface area contributed by atoms with Crippen LogP contribution in [0.15, 0.2) is 23.1 Å². The summed E-state index contributed by atoms with van der Waals surface area (Å²) in [6, 6.07) is 4.48. The third-order valence-corrected chi connectivity index (χ3v) is 4.21. The Labute approximate surface area is 103 Å². The second-order valence-corrected chi connectivity index (χ2v) is 5.26. The van der Waals surface area contributed by atoms with Crippen molar-refractivity contribution in [3.05, 3.63) is 28.8 Å². The van der Waals surface area contributed by atoms with Crippen molar-refractivity contribution >= 4 is 44.0 Å². The molecular weight excluding hydrogens is 304 g/mol. The predicted molar refractivity (Wildman–Crippen MR) is 62.4 cm³/mol. The van der Waals surface area contributed by atoms with Crippen molar-refractivity contribution in [1.29, 1.82) is 0 Å². The van der Waals surface area contributed by atoms with Crippen LogP contribution < -0.4 is 0 Å². The highest BCUT2D eigenvalue weighted by atomic mass is 79.9. The van der Waals surface area contributed by atoms with E-state index in [0.717, 1.165) is 0 Å². The summed E-state index contributed by atoms with van der Waals surface area (Å²) in [6.07, 6.45) is 0. The van der Waals surface area contributed by atoms with Crippen LogP contribution in [0.25, 0.3) is 0 Å². The lowest BCUT2D eigenvalue weighted by molar-refractivity contribution is -0.116. The molecule has 0 aliphatic carbocycles. The largest absolute Gasteiger partial charge is 0.298 e. The van der Waals surface area contributed by atoms with Crippen LogP contribution in [-0.2, 0) is 15.5 Å². The number of carbonyl (C=O) groups excluding carboxylic acids is 1. The van der Waals surface area contributed by atoms with Crippen LogP contribution in [0.3, 0.4) is 0 Å². The summed E-state index contributed by atoms with van der Waals surface area (Å²) in [7, 11) is -2.74. The highest BCUT2D eigenvalue weighted by Crippen LogP contribution is 2.28. The van der Waals surface area contributed by atoms with Crippen molar-refractivity contribution in [2.45, 2.75) is 16.6 Å². The van der Waals surface area contributed by atoms with E-state index in [1.807, 2.05) is 0 Å². The standard InChI is InChI=1S/C9H8BrClO3S/c1-5(12)9(10)6-2-3-7(11)8(4-6)15(13)14/h2-4,9,15H,1H3. The minimum absolute atomic E-state index is 0.0369. The molecule has 0 fully saturated rings. The number of hydrogen-bond acceptors (Lipinski definition) is 3. The molecule has 0 aliphatic heterocycles. The average molecular weight is 312 g/mol. The van der Waals surface area contributed by atoms with Gasteiger partial charge in [0.2, 0.25) is 0 Å². The van der Waals surface area contributed by atoms with Crippen molar-refractivity contribution in [3.8, 4) is 0 Å². The predicted octanol–water partition coefficient (Wildman–Crippen LogP) is 2.34. The second-order valence-electron chi connectivity index (χ2n) is 2.94. The molecule has 6 heteroatoms. The van der Waals surface area contributed by atoms with E-state index in [9.17, 15) is 13.2 Å². The monoisotopic (exact) mass is 310 g/mol. The molecule has 0 heterocycles. The molecule has 1 unspecified atom stereocenters. The fourth-order valence-electron chi connectivity index (χ4n) is 1.06. The number of ketones is 1. The van der Waals surface area contributed by atoms with Crippen LogP contribution in [0, 0.1) is 0 Å². The minimum Gasteiger partial charge on any atom is -0.298 e. The fourth-order valence-corrected chi connectivity index (χ4v) is 2.17. The smallest absolute Gasteiger partial charge is 0.169 e. The van der Waals surface area contributed by atoms with Gasteiger partial charge >= 0.3 is 0 Å². The fraction of sp³-hybridized carbons (Fsp3) is 0.222. The van der Waals surface area contributed by atoms with Gasteiger partial charge in [0.1, 0.15) is 5.78 Å². The Hall–Kier alpha value is -0.390. The molecule has 0 aliphatic rings. The SMILES string of the molecule is CC(=O)C(Br)c1ccc(Cl)c([SH](=O)=O)c1. The Morgan fingerprint density at radius 1 is 1.47 bits per heavy atom. The highest BCUT2D eigenvalue weighted by molar-refractivity contribution is 9.09. The van der Waals surface area contributed by atoms with Crippen LogP contribution in [0.2, 0.25) is 5.02 Å². The van der Waals surface area contributed by atoms with Gasteiger partial charge in [0, 0.05) is 0 Å². The van der Waals surface area contributed by atoms with Gasteiger partial charge in [0.25, 0.3) is 0 Å². The first-order valence-electron chi connectivity index (χ1n) is 4.02. The summed E-state index contributed by atoms with van der Waals surface area (Å²) in [5.41, 5.74) is 0.584. The van der Waals surface area contributed by atoms with Crippen molar-refractivity contribution in [3.63, 3.8) is 0 Å². The van der Waals surface area contributed by atoms with E-state index in [1.54, 1.807) is 6.07 Å². The van der Waals surface area contributed by atoms with Crippen LogP contribution in [0.5, 0.6) is 0 Å². The number of benzene rings is 1. The van der Waals surface area contributed by atoms with Crippen molar-refractivity contribution in [2.24, 2.45) is 0 Å². The molecule has 0 saturated carbocycles. The summed E-state index contributed by atoms with van der Waals surface area (Å²) in [4.78, 5) is 10.6. The van der Waals surface area contributed by atoms with E-state index < -0.39 is 15.5 Å². The summed E-state index contributed by atoms with van der Waals surface area (Å²) >= 11 is 8.86. The van der Waals surface area contributed by atoms with Gasteiger partial charge in [0.05, 0.1) is 14.7 Å². The number of carbonyl (C=O) groups is 1. The van der Waals surface area contributed by atoms with E-state index in [2.05, 4.69) is 15.9 Å². The molecule has 0 N–H and O–H groups in total. The maximum Gasteiger partial charge on any atom is 0.169 e. The van der Waals surface area contributed by atoms with E-state index in [1.165, 1.54) is 19.1 Å². The van der Waals surface area contributed by atoms with Crippen LogP contribution in [0.4, 0.5) is 0 Å². The third-order valence-electron chi connectivity index (χ3n) is 1.82. The van der Waals surface area contributed by atoms with Gasteiger partial charge in [-0.25, -0.2) is 8.42 Å². The molecule has 0 spiro atoms. The van der Waals surface area contributed by atoms with Gasteiger partial charge in [-0.3, -0.25) is 4.79 Å². The molecular formula is C9H8BrClO3S. The topological polar surface area (TPSA) is 51.2 Å². The molecule has 0 aromatic heterocycles. The summed E-state index contributed by atoms with van der Waals surface area (Å²) in [5.74, 6) is -0.0931. The Bertz CT molecular complexity index is 462. The van der Waals surface area contributed by atoms with Gasteiger partial charge in [-0.05, 0) is 24.6 Å². The zero-order valence-corrected chi connectivity index (χ0v) is 11.0. The summed E-state index contributed by atoms with van der Waals surface area (Å²) in [5, 5.41) is 0.165. The number of rotatable bonds is 3. The van der Waals surface area contributed by atoms with Crippen molar-refractivity contribution < 1.29 is 13.2 Å². The molecule has 3 nitrogen and oxygen atoms in total. The van der Waals surface area contributed by atoms with Gasteiger partial charge < -0.3 is 0 Å². The molecule has 1 atom stereocenters. The second kappa shape index (κ2) is 5.09.